The van der Waals surface area contributed by atoms with Gasteiger partial charge in [0.05, 0.1) is 24.8 Å². The number of carboxylic acids is 1. The molecule has 734 valence electrons. The van der Waals surface area contributed by atoms with Crippen molar-refractivity contribution in [1.82, 2.24) is 77.3 Å². The molecule has 1 aromatic heterocycles. The molecule has 37 nitrogen and oxygen atoms in total. The van der Waals surface area contributed by atoms with Gasteiger partial charge in [0.15, 0.2) is 17.5 Å². The number of nitrogens with zero attached hydrogens (tertiary/aromatic N) is 5. The number of hydrogen-bond acceptors (Lipinski definition) is 21. The third-order valence-electron chi connectivity index (χ3n) is 24.3. The highest BCUT2D eigenvalue weighted by Crippen LogP contribution is 2.29. The zero-order chi connectivity index (χ0) is 99.6. The minimum absolute atomic E-state index is 0.0578. The molecule has 16 N–H and O–H groups in total. The molecule has 1 unspecified atom stereocenters. The number of phenols is 2. The molecule has 3 fully saturated rings. The second kappa shape index (κ2) is 49.5. The number of benzene rings is 6. The number of H-pyrrole nitrogens is 1. The summed E-state index contributed by atoms with van der Waals surface area (Å²) in [6.07, 6.45) is -3.49. The molecule has 0 radical (unpaired) electrons. The third-order valence-corrected chi connectivity index (χ3v) is 25.4. The van der Waals surface area contributed by atoms with Crippen molar-refractivity contribution in [3.05, 3.63) is 203 Å². The van der Waals surface area contributed by atoms with Crippen LogP contribution in [0.5, 0.6) is 11.5 Å². The molecule has 15 amide bonds. The minimum atomic E-state index is -1.97. The van der Waals surface area contributed by atoms with Gasteiger partial charge in [0.2, 0.25) is 88.6 Å². The Bertz CT molecular complexity index is 5470. The predicted molar refractivity (Wildman–Crippen MR) is 495 cm³/mol. The summed E-state index contributed by atoms with van der Waals surface area (Å²) < 4.78 is 50.5. The highest BCUT2D eigenvalue weighted by molar-refractivity contribution is 8.00. The average molecular weight is 1920 g/mol. The number of nitrogens with one attached hydrogen (secondary N) is 10. The zero-order valence-corrected chi connectivity index (χ0v) is 77.6. The van der Waals surface area contributed by atoms with E-state index >= 15 is 51.9 Å². The Labute approximate surface area is 792 Å². The summed E-state index contributed by atoms with van der Waals surface area (Å²) in [5.74, 6) is -24.6. The van der Waals surface area contributed by atoms with Crippen LogP contribution in [0.2, 0.25) is 0 Å². The lowest BCUT2D eigenvalue weighted by Crippen LogP contribution is -2.62. The fourth-order valence-electron chi connectivity index (χ4n) is 16.8. The molecule has 10 rings (SSSR count). The number of unbranched alkanes of at least 4 members (excludes halogenated alkanes) is 1. The number of primary amides is 1. The third kappa shape index (κ3) is 28.8. The molecule has 0 aliphatic carbocycles. The number of fused-ring (bicyclic) bond motifs is 3. The number of aromatic nitrogens is 1. The Morgan fingerprint density at radius 3 is 1.64 bits per heavy atom. The molecule has 0 bridgehead atoms. The second-order valence-corrected chi connectivity index (χ2v) is 35.7. The van der Waals surface area contributed by atoms with Gasteiger partial charge in [-0.3, -0.25) is 76.7 Å². The summed E-state index contributed by atoms with van der Waals surface area (Å²) in [6, 6.07) is 13.8. The van der Waals surface area contributed by atoms with Gasteiger partial charge in [0, 0.05) is 116 Å². The number of aliphatic hydroxyl groups is 1. The van der Waals surface area contributed by atoms with Crippen LogP contribution in [0.3, 0.4) is 0 Å². The van der Waals surface area contributed by atoms with Crippen LogP contribution in [0.15, 0.2) is 152 Å². The number of amides is 15. The Balaban J connectivity index is 1.06. The first kappa shape index (κ1) is 105. The smallest absolute Gasteiger partial charge is 0.305 e. The summed E-state index contributed by atoms with van der Waals surface area (Å²) in [6.45, 7) is 3.15. The van der Waals surface area contributed by atoms with E-state index in [0.717, 1.165) is 19.6 Å². The lowest BCUT2D eigenvalue weighted by molar-refractivity contribution is -0.152. The fourth-order valence-corrected chi connectivity index (χ4v) is 17.7. The molecule has 3 aliphatic rings. The maximum absolute atomic E-state index is 15.8. The van der Waals surface area contributed by atoms with Crippen LogP contribution in [0, 0.1) is 23.4 Å². The van der Waals surface area contributed by atoms with Crippen molar-refractivity contribution in [2.45, 2.75) is 195 Å². The van der Waals surface area contributed by atoms with E-state index in [4.69, 9.17) is 10.5 Å². The molecular weight excluding hydrogens is 1800 g/mol. The number of para-hydroxylation sites is 1. The van der Waals surface area contributed by atoms with E-state index in [1.807, 2.05) is 0 Å². The monoisotopic (exact) mass is 1920 g/mol. The van der Waals surface area contributed by atoms with Crippen LogP contribution in [0.4, 0.5) is 13.2 Å². The topological polar surface area (TPSA) is 530 Å². The van der Waals surface area contributed by atoms with Crippen molar-refractivity contribution >= 4 is 117 Å². The molecule has 3 aliphatic heterocycles. The standard InChI is InChI=1S/C96H117F3N16O21S/c1-8-9-25-75-95(134)114-36-18-26-74(114)89(128)107-70(47-81(121)122)88(127)110-83(53(2)3)96(135)112(5)76(43-54-19-12-10-13-20-54)90(129)108-72(41-57-29-33-61(117)34-30-57)93(132)115-50-62(118)46-77(115)91(130)106-69(45-59-48-101-66-24-17-16-23-63(59)66)87(126)105-68(40-56-27-31-60(116)32-28-56)86(125)104-67(35-37-136-7)85(124)109-73(84(123)102-49-79(100)119)51-137-52-80(120)103-71(42-58-38-64(97)82(99)65(98)39-58)92(131)113(6)78(94(133)111(75)4)44-55-21-14-11-15-22-55/h10-17,19-24,27-34,38-39,48,53,62,67-78,83,101,116-118H,8-9,18,25-26,35-37,40-47,49-52H2,1-7H3,(H2,100,119)(H,102,123)(H,103,120)(H,104,125)(H,105,126)(H,106,130)(H,107,128)(H,108,129)(H,109,124)(H,110,127)(H,121,122)/t62-,67+,68+,69+,70+,71+,72+,73+,74-,75+,76?,77-,78+,83+/m1/s1. The Hall–Kier alpha value is -14.0. The van der Waals surface area contributed by atoms with Crippen molar-refractivity contribution in [3.63, 3.8) is 0 Å². The summed E-state index contributed by atoms with van der Waals surface area (Å²) in [7, 11) is 4.99. The number of aliphatic hydroxyl groups excluding tert-OH is 1. The number of aromatic amines is 1. The van der Waals surface area contributed by atoms with E-state index in [0.29, 0.717) is 69.0 Å². The number of aromatic hydroxyl groups is 2. The van der Waals surface area contributed by atoms with Crippen molar-refractivity contribution in [2.24, 2.45) is 11.7 Å². The molecule has 14 atom stereocenters. The number of methoxy groups -OCH3 is 1. The van der Waals surface area contributed by atoms with E-state index in [9.17, 15) is 58.4 Å². The quantitative estimate of drug-likeness (QED) is 0.0383. The molecule has 41 heteroatoms. The predicted octanol–water partition coefficient (Wildman–Crippen LogP) is 1.77. The lowest BCUT2D eigenvalue weighted by atomic mass is 9.98. The summed E-state index contributed by atoms with van der Waals surface area (Å²) in [5.41, 5.74) is 7.67. The molecule has 0 spiro atoms. The Morgan fingerprint density at radius 2 is 1.04 bits per heavy atom. The summed E-state index contributed by atoms with van der Waals surface area (Å²) in [4.78, 5) is 247. The van der Waals surface area contributed by atoms with Gasteiger partial charge >= 0.3 is 5.97 Å². The highest BCUT2D eigenvalue weighted by atomic mass is 32.2. The molecule has 0 saturated carbocycles. The number of thioether (sulfide) groups is 1. The van der Waals surface area contributed by atoms with Crippen LogP contribution in [-0.2, 0) is 120 Å². The van der Waals surface area contributed by atoms with Gasteiger partial charge in [-0.15, -0.1) is 11.8 Å². The molecular formula is C96H117F3N16O21S. The van der Waals surface area contributed by atoms with Crippen LogP contribution < -0.4 is 53.6 Å². The second-order valence-electron chi connectivity index (χ2n) is 34.7. The largest absolute Gasteiger partial charge is 0.508 e. The van der Waals surface area contributed by atoms with Crippen molar-refractivity contribution < 1.29 is 115 Å². The number of halogens is 3. The molecule has 137 heavy (non-hydrogen) atoms. The van der Waals surface area contributed by atoms with E-state index in [2.05, 4.69) is 52.8 Å². The maximum atomic E-state index is 15.8. The van der Waals surface area contributed by atoms with E-state index < -0.39 is 253 Å². The number of carbonyl (C=O) groups excluding carboxylic acids is 15. The number of hydrogen-bond donors (Lipinski definition) is 15. The number of carbonyl (C=O) groups is 16. The Morgan fingerprint density at radius 1 is 0.533 bits per heavy atom. The zero-order valence-electron chi connectivity index (χ0n) is 76.8. The summed E-state index contributed by atoms with van der Waals surface area (Å²) in [5, 5.41) is 66.9. The van der Waals surface area contributed by atoms with Gasteiger partial charge in [-0.2, -0.15) is 0 Å². The normalized spacial score (nSPS) is 23.7. The number of carboxylic acid groups (broad SMARTS) is 1. The molecule has 7 aromatic rings. The first-order valence-corrected chi connectivity index (χ1v) is 46.1. The number of phenolic OH excluding ortho intramolecular Hbond substituents is 2. The van der Waals surface area contributed by atoms with Crippen molar-refractivity contribution in [3.8, 4) is 11.5 Å². The minimum Gasteiger partial charge on any atom is -0.508 e. The number of ether oxygens (including phenoxy) is 1. The molecule has 4 heterocycles. The van der Waals surface area contributed by atoms with Crippen LogP contribution in [0.25, 0.3) is 10.9 Å². The van der Waals surface area contributed by atoms with Gasteiger partial charge in [-0.25, -0.2) is 13.2 Å². The number of rotatable bonds is 24. The van der Waals surface area contributed by atoms with Gasteiger partial charge in [-0.05, 0) is 107 Å². The maximum Gasteiger partial charge on any atom is 0.305 e. The Kier molecular flexibility index (Phi) is 38.0. The van der Waals surface area contributed by atoms with Gasteiger partial charge in [-0.1, -0.05) is 137 Å². The van der Waals surface area contributed by atoms with Crippen LogP contribution in [-0.4, -0.2) is 295 Å². The van der Waals surface area contributed by atoms with E-state index in [1.54, 1.807) is 98.0 Å². The van der Waals surface area contributed by atoms with Crippen molar-refractivity contribution in [2.75, 3.05) is 66.0 Å². The summed E-state index contributed by atoms with van der Waals surface area (Å²) >= 11 is 0.645. The number of likely N-dealkylation sites (N-methyl/N-ethyl adjacent to an activating group) is 3. The number of aliphatic carboxylic acids is 1. The van der Waals surface area contributed by atoms with Crippen LogP contribution in [0.1, 0.15) is 106 Å². The van der Waals surface area contributed by atoms with E-state index in [-0.39, 0.29) is 88.0 Å². The molecule has 6 aromatic carbocycles. The first-order valence-electron chi connectivity index (χ1n) is 45.0. The van der Waals surface area contributed by atoms with E-state index in [1.165, 1.54) is 95.5 Å². The molecule has 3 saturated heterocycles. The first-order chi connectivity index (χ1) is 65.3. The fraction of sp³-hybridized carbons (Fsp3) is 0.438. The average Bonchev–Trinajstić information content (AvgIpc) is 1.70. The SMILES string of the molecule is CCCC[C@H]1C(=O)N2CCC[C@@H]2C(=O)N[C@@H](CC(=O)O)C(=O)N[C@@H](C(C)C)C(=O)N(C)C(Cc2ccccc2)C(=O)N[C@@H](Cc2ccc(O)cc2)C(=O)N2C[C@H](O)C[C@@H]2C(=O)N[C@@H](Cc2c[nH]c3ccccc23)C(=O)N[C@@H](Cc2ccc(O)cc2)C(=O)N[C@@H](CCOC)C(=O)N[C@H](C(=O)NCC(N)=O)CSCC(=O)N[C@@H](Cc2cc(F)c(F)c(F)c2)C(=O)N(C)[C@@H](Cc2ccccc2)C(=O)N1C. The van der Waals surface area contributed by atoms with Gasteiger partial charge in [0.1, 0.15) is 90.0 Å². The van der Waals surface area contributed by atoms with Gasteiger partial charge < -0.3 is 108 Å². The van der Waals surface area contributed by atoms with Gasteiger partial charge in [0.25, 0.3) is 0 Å². The van der Waals surface area contributed by atoms with Crippen molar-refractivity contribution in [1.29, 1.82) is 0 Å². The number of nitrogens with two attached hydrogens (primary N) is 1. The van der Waals surface area contributed by atoms with Crippen LogP contribution >= 0.6 is 11.8 Å². The highest BCUT2D eigenvalue weighted by Gasteiger charge is 2.48. The lowest BCUT2D eigenvalue weighted by Gasteiger charge is -2.38.